The van der Waals surface area contributed by atoms with E-state index in [1.165, 1.54) is 31.2 Å². The highest BCUT2D eigenvalue weighted by Gasteiger charge is 2.18. The molecule has 0 fully saturated rings. The fraction of sp³-hybridized carbons (Fsp3) is 0.143. The van der Waals surface area contributed by atoms with Gasteiger partial charge >= 0.3 is 5.97 Å². The smallest absolute Gasteiger partial charge is 0.316 e. The molecular formula is C14H13ClN4O4S. The van der Waals surface area contributed by atoms with Crippen LogP contribution in [0.2, 0.25) is 5.02 Å². The highest BCUT2D eigenvalue weighted by atomic mass is 35.5. The molecule has 24 heavy (non-hydrogen) atoms. The second-order valence-corrected chi connectivity index (χ2v) is 6.46. The normalized spacial score (nSPS) is 11.8. The van der Waals surface area contributed by atoms with Crippen LogP contribution in [0.1, 0.15) is 17.3 Å². The van der Waals surface area contributed by atoms with Crippen LogP contribution >= 0.6 is 23.4 Å². The Morgan fingerprint density at radius 3 is 2.54 bits per heavy atom. The van der Waals surface area contributed by atoms with Crippen molar-refractivity contribution >= 4 is 46.7 Å². The summed E-state index contributed by atoms with van der Waals surface area (Å²) < 4.78 is 0. The van der Waals surface area contributed by atoms with Crippen molar-refractivity contribution in [3.8, 4) is 0 Å². The van der Waals surface area contributed by atoms with Crippen molar-refractivity contribution in [2.75, 3.05) is 11.1 Å². The summed E-state index contributed by atoms with van der Waals surface area (Å²) >= 11 is 6.58. The van der Waals surface area contributed by atoms with Crippen molar-refractivity contribution in [2.24, 2.45) is 0 Å². The lowest BCUT2D eigenvalue weighted by molar-refractivity contribution is -0.136. The zero-order chi connectivity index (χ0) is 17.9. The van der Waals surface area contributed by atoms with Crippen molar-refractivity contribution in [1.29, 1.82) is 0 Å². The number of H-pyrrole nitrogens is 1. The number of rotatable bonds is 5. The summed E-state index contributed by atoms with van der Waals surface area (Å²) in [6, 6.07) is 6.06. The molecule has 8 nitrogen and oxygen atoms in total. The molecule has 5 N–H and O–H groups in total. The zero-order valence-electron chi connectivity index (χ0n) is 12.4. The summed E-state index contributed by atoms with van der Waals surface area (Å²) in [5.41, 5.74) is 5.10. The molecule has 0 spiro atoms. The number of amides is 1. The molecule has 0 aliphatic carbocycles. The van der Waals surface area contributed by atoms with Gasteiger partial charge in [-0.25, -0.2) is 4.98 Å². The maximum atomic E-state index is 12.1. The van der Waals surface area contributed by atoms with E-state index in [9.17, 15) is 14.4 Å². The van der Waals surface area contributed by atoms with Crippen molar-refractivity contribution in [1.82, 2.24) is 9.97 Å². The van der Waals surface area contributed by atoms with Crippen LogP contribution < -0.4 is 16.6 Å². The highest BCUT2D eigenvalue weighted by Crippen LogP contribution is 2.21. The van der Waals surface area contributed by atoms with E-state index in [1.54, 1.807) is 0 Å². The van der Waals surface area contributed by atoms with Crippen molar-refractivity contribution < 1.29 is 14.7 Å². The first kappa shape index (κ1) is 17.8. The third kappa shape index (κ3) is 4.27. The Bertz CT molecular complexity index is 838. The summed E-state index contributed by atoms with van der Waals surface area (Å²) in [4.78, 5) is 41.3. The number of anilines is 2. The summed E-state index contributed by atoms with van der Waals surface area (Å²) in [7, 11) is 0. The number of aromatic amines is 1. The number of hydrogen-bond acceptors (Lipinski definition) is 6. The minimum Gasteiger partial charge on any atom is -0.480 e. The number of carboxylic acids is 1. The van der Waals surface area contributed by atoms with Gasteiger partial charge in [-0.2, -0.15) is 0 Å². The average Bonchev–Trinajstić information content (AvgIpc) is 2.51. The van der Waals surface area contributed by atoms with Crippen LogP contribution in [-0.4, -0.2) is 32.2 Å². The summed E-state index contributed by atoms with van der Waals surface area (Å²) in [6.45, 7) is 1.44. The third-order valence-corrected chi connectivity index (χ3v) is 4.13. The molecule has 1 aromatic heterocycles. The Labute approximate surface area is 145 Å². The van der Waals surface area contributed by atoms with E-state index in [2.05, 4.69) is 15.3 Å². The molecule has 1 heterocycles. The predicted octanol–water partition coefficient (Wildman–Crippen LogP) is 1.82. The van der Waals surface area contributed by atoms with E-state index >= 15 is 0 Å². The SMILES string of the molecule is C[C@@H](Sc1nc(N)c(NC(=O)c2ccc(Cl)cc2)c(=O)[nH]1)C(=O)O. The topological polar surface area (TPSA) is 138 Å². The van der Waals surface area contributed by atoms with Crippen LogP contribution in [0.4, 0.5) is 11.5 Å². The van der Waals surface area contributed by atoms with Crippen LogP contribution in [0.3, 0.4) is 0 Å². The number of nitrogens with zero attached hydrogens (tertiary/aromatic N) is 1. The third-order valence-electron chi connectivity index (χ3n) is 2.91. The van der Waals surface area contributed by atoms with Crippen LogP contribution in [0.5, 0.6) is 0 Å². The second-order valence-electron chi connectivity index (χ2n) is 4.69. The van der Waals surface area contributed by atoms with Gasteiger partial charge in [0, 0.05) is 10.6 Å². The van der Waals surface area contributed by atoms with E-state index in [0.29, 0.717) is 5.02 Å². The number of nitrogens with one attached hydrogen (secondary N) is 2. The number of carbonyl (C=O) groups excluding carboxylic acids is 1. The number of benzene rings is 1. The fourth-order valence-electron chi connectivity index (χ4n) is 1.65. The van der Waals surface area contributed by atoms with Crippen LogP contribution in [0.25, 0.3) is 0 Å². The van der Waals surface area contributed by atoms with E-state index in [0.717, 1.165) is 11.8 Å². The number of halogens is 1. The first-order valence-electron chi connectivity index (χ1n) is 6.64. The van der Waals surface area contributed by atoms with Gasteiger partial charge in [0.25, 0.3) is 11.5 Å². The van der Waals surface area contributed by atoms with Crippen molar-refractivity contribution in [3.63, 3.8) is 0 Å². The summed E-state index contributed by atoms with van der Waals surface area (Å²) in [5, 5.41) is 10.9. The number of hydrogen-bond donors (Lipinski definition) is 4. The number of thioether (sulfide) groups is 1. The van der Waals surface area contributed by atoms with Crippen molar-refractivity contribution in [3.05, 3.63) is 45.2 Å². The summed E-state index contributed by atoms with van der Waals surface area (Å²) in [6.07, 6.45) is 0. The second kappa shape index (κ2) is 7.37. The minimum absolute atomic E-state index is 0.0527. The van der Waals surface area contributed by atoms with E-state index in [1.807, 2.05) is 0 Å². The highest BCUT2D eigenvalue weighted by molar-refractivity contribution is 8.00. The Morgan fingerprint density at radius 1 is 1.38 bits per heavy atom. The van der Waals surface area contributed by atoms with E-state index < -0.39 is 22.7 Å². The van der Waals surface area contributed by atoms with E-state index in [4.69, 9.17) is 22.4 Å². The Morgan fingerprint density at radius 2 is 2.00 bits per heavy atom. The van der Waals surface area contributed by atoms with Crippen LogP contribution in [0.15, 0.2) is 34.2 Å². The van der Waals surface area contributed by atoms with Gasteiger partial charge in [0.05, 0.1) is 0 Å². The minimum atomic E-state index is -1.05. The monoisotopic (exact) mass is 368 g/mol. The van der Waals surface area contributed by atoms with Crippen LogP contribution in [0, 0.1) is 0 Å². The Kier molecular flexibility index (Phi) is 5.47. The van der Waals surface area contributed by atoms with Gasteiger partial charge in [0.15, 0.2) is 11.0 Å². The lowest BCUT2D eigenvalue weighted by Gasteiger charge is -2.09. The van der Waals surface area contributed by atoms with Gasteiger partial charge < -0.3 is 16.2 Å². The molecule has 1 aromatic carbocycles. The van der Waals surface area contributed by atoms with Gasteiger partial charge in [-0.05, 0) is 31.2 Å². The number of carboxylic acid groups (broad SMARTS) is 1. The molecular weight excluding hydrogens is 356 g/mol. The first-order chi connectivity index (χ1) is 11.3. The lowest BCUT2D eigenvalue weighted by atomic mass is 10.2. The molecule has 0 aliphatic rings. The quantitative estimate of drug-likeness (QED) is 0.466. The molecule has 0 unspecified atom stereocenters. The average molecular weight is 369 g/mol. The molecule has 1 atom stereocenters. The maximum Gasteiger partial charge on any atom is 0.316 e. The van der Waals surface area contributed by atoms with Gasteiger partial charge in [0.2, 0.25) is 0 Å². The number of aliphatic carboxylic acids is 1. The Hall–Kier alpha value is -2.52. The number of nitrogen functional groups attached to an aromatic ring is 1. The number of nitrogens with two attached hydrogens (primary N) is 1. The van der Waals surface area contributed by atoms with Gasteiger partial charge in [-0.1, -0.05) is 23.4 Å². The molecule has 0 aliphatic heterocycles. The Balaban J connectivity index is 2.22. The van der Waals surface area contributed by atoms with Crippen LogP contribution in [-0.2, 0) is 4.79 Å². The van der Waals surface area contributed by atoms with Gasteiger partial charge in [0.1, 0.15) is 10.9 Å². The molecule has 0 bridgehead atoms. The molecule has 126 valence electrons. The standard InChI is InChI=1S/C14H13ClN4O4S/c1-6(13(22)23)24-14-18-10(16)9(12(21)19-14)17-11(20)7-2-4-8(15)5-3-7/h2-6H,1H3,(H,17,20)(H,22,23)(H3,16,18,19,21)/t6-/m1/s1. The fourth-order valence-corrected chi connectivity index (χ4v) is 2.51. The molecule has 1 amide bonds. The molecule has 2 rings (SSSR count). The molecule has 10 heteroatoms. The molecule has 2 aromatic rings. The molecule has 0 saturated heterocycles. The molecule has 0 radical (unpaired) electrons. The lowest BCUT2D eigenvalue weighted by Crippen LogP contribution is -2.23. The van der Waals surface area contributed by atoms with Gasteiger partial charge in [-0.3, -0.25) is 19.4 Å². The largest absolute Gasteiger partial charge is 0.480 e. The molecule has 0 saturated carbocycles. The first-order valence-corrected chi connectivity index (χ1v) is 7.90. The number of carbonyl (C=O) groups is 2. The zero-order valence-corrected chi connectivity index (χ0v) is 13.9. The predicted molar refractivity (Wildman–Crippen MR) is 91.6 cm³/mol. The van der Waals surface area contributed by atoms with E-state index in [-0.39, 0.29) is 22.2 Å². The van der Waals surface area contributed by atoms with Gasteiger partial charge in [-0.15, -0.1) is 0 Å². The maximum absolute atomic E-state index is 12.1. The number of aromatic nitrogens is 2. The van der Waals surface area contributed by atoms with Crippen molar-refractivity contribution in [2.45, 2.75) is 17.3 Å². The summed E-state index contributed by atoms with van der Waals surface area (Å²) in [5.74, 6) is -1.81.